The van der Waals surface area contributed by atoms with E-state index in [0.29, 0.717) is 16.8 Å². The highest BCUT2D eigenvalue weighted by Gasteiger charge is 2.35. The molecule has 2 heterocycles. The van der Waals surface area contributed by atoms with Gasteiger partial charge >= 0.3 is 0 Å². The number of ether oxygens (including phenoxy) is 1. The van der Waals surface area contributed by atoms with Crippen LogP contribution < -0.4 is 10.5 Å². The highest BCUT2D eigenvalue weighted by molar-refractivity contribution is 5.72. The van der Waals surface area contributed by atoms with Crippen molar-refractivity contribution < 1.29 is 9.66 Å². The second-order valence-electron chi connectivity index (χ2n) is 5.96. The average Bonchev–Trinajstić information content (AvgIpc) is 3.11. The van der Waals surface area contributed by atoms with Crippen LogP contribution in [0.1, 0.15) is 17.0 Å². The van der Waals surface area contributed by atoms with Gasteiger partial charge in [0, 0.05) is 17.7 Å². The highest BCUT2D eigenvalue weighted by Crippen LogP contribution is 2.45. The Balaban J connectivity index is 1.94. The van der Waals surface area contributed by atoms with Gasteiger partial charge in [-0.15, -0.1) is 5.10 Å². The number of non-ortho nitro benzene ring substituents is 1. The van der Waals surface area contributed by atoms with Crippen LogP contribution in [0.2, 0.25) is 0 Å². The van der Waals surface area contributed by atoms with Crippen LogP contribution in [0.25, 0.3) is 11.3 Å². The van der Waals surface area contributed by atoms with Gasteiger partial charge in [-0.05, 0) is 5.56 Å². The van der Waals surface area contributed by atoms with Gasteiger partial charge in [-0.25, -0.2) is 0 Å². The Kier molecular flexibility index (Phi) is 3.82. The van der Waals surface area contributed by atoms with Crippen LogP contribution in [0.15, 0.2) is 66.1 Å². The van der Waals surface area contributed by atoms with E-state index in [9.17, 15) is 15.4 Å². The van der Waals surface area contributed by atoms with E-state index in [4.69, 9.17) is 10.5 Å². The molecule has 0 aliphatic carbocycles. The molecule has 0 saturated heterocycles. The fourth-order valence-electron chi connectivity index (χ4n) is 3.22. The summed E-state index contributed by atoms with van der Waals surface area (Å²) in [6.07, 6.45) is 0. The van der Waals surface area contributed by atoms with Gasteiger partial charge in [0.2, 0.25) is 11.8 Å². The van der Waals surface area contributed by atoms with Crippen molar-refractivity contribution in [2.45, 2.75) is 5.92 Å². The first kappa shape index (κ1) is 16.4. The van der Waals surface area contributed by atoms with E-state index in [-0.39, 0.29) is 23.0 Å². The predicted molar refractivity (Wildman–Crippen MR) is 96.4 cm³/mol. The maximum Gasteiger partial charge on any atom is 0.270 e. The first-order valence-electron chi connectivity index (χ1n) is 8.05. The fraction of sp³-hybridized carbons (Fsp3) is 0.0526. The number of nitrogens with zero attached hydrogens (tertiary/aromatic N) is 3. The number of nitrogens with one attached hydrogen (secondary N) is 1. The van der Waals surface area contributed by atoms with Crippen molar-refractivity contribution in [3.05, 3.63) is 87.3 Å². The summed E-state index contributed by atoms with van der Waals surface area (Å²) in [5.41, 5.74) is 8.73. The maximum absolute atomic E-state index is 11.1. The number of hydrogen-bond acceptors (Lipinski definition) is 6. The molecule has 8 heteroatoms. The van der Waals surface area contributed by atoms with Gasteiger partial charge in [0.1, 0.15) is 11.6 Å². The number of nitro benzene ring substituents is 1. The number of hydrogen-bond donors (Lipinski definition) is 2. The van der Waals surface area contributed by atoms with E-state index in [1.54, 1.807) is 12.1 Å². The summed E-state index contributed by atoms with van der Waals surface area (Å²) in [6.45, 7) is 0. The summed E-state index contributed by atoms with van der Waals surface area (Å²) >= 11 is 0. The quantitative estimate of drug-likeness (QED) is 0.545. The minimum Gasteiger partial charge on any atom is -0.420 e. The second kappa shape index (κ2) is 6.31. The van der Waals surface area contributed by atoms with Gasteiger partial charge in [-0.2, -0.15) is 5.26 Å². The van der Waals surface area contributed by atoms with Crippen molar-refractivity contribution in [2.24, 2.45) is 5.73 Å². The molecule has 1 atom stereocenters. The number of nitrogens with two attached hydrogens (primary N) is 1. The van der Waals surface area contributed by atoms with E-state index in [1.807, 2.05) is 30.3 Å². The molecule has 2 aromatic carbocycles. The molecule has 3 N–H and O–H groups in total. The number of benzene rings is 2. The first-order chi connectivity index (χ1) is 13.1. The summed E-state index contributed by atoms with van der Waals surface area (Å²) < 4.78 is 5.53. The molecule has 4 rings (SSSR count). The number of H-pyrrole nitrogens is 1. The zero-order valence-corrected chi connectivity index (χ0v) is 13.9. The average molecular weight is 359 g/mol. The molecule has 3 aromatic rings. The Labute approximate surface area is 153 Å². The van der Waals surface area contributed by atoms with Crippen molar-refractivity contribution in [1.82, 2.24) is 10.2 Å². The third kappa shape index (κ3) is 2.67. The molecule has 1 aromatic heterocycles. The number of aromatic amines is 1. The van der Waals surface area contributed by atoms with Crippen LogP contribution in [-0.4, -0.2) is 15.1 Å². The lowest BCUT2D eigenvalue weighted by Crippen LogP contribution is -2.20. The van der Waals surface area contributed by atoms with Crippen LogP contribution in [0.5, 0.6) is 5.88 Å². The van der Waals surface area contributed by atoms with Crippen molar-refractivity contribution in [3.8, 4) is 23.2 Å². The molecular formula is C19H13N5O3. The zero-order valence-electron chi connectivity index (χ0n) is 13.9. The van der Waals surface area contributed by atoms with Crippen LogP contribution in [0, 0.1) is 21.4 Å². The summed E-state index contributed by atoms with van der Waals surface area (Å²) in [4.78, 5) is 10.7. The number of aromatic nitrogens is 2. The monoisotopic (exact) mass is 359 g/mol. The zero-order chi connectivity index (χ0) is 19.0. The topological polar surface area (TPSA) is 131 Å². The summed E-state index contributed by atoms with van der Waals surface area (Å²) in [6, 6.07) is 17.7. The number of fused-ring (bicyclic) bond motifs is 1. The summed E-state index contributed by atoms with van der Waals surface area (Å²) in [5.74, 6) is -0.245. The molecule has 8 nitrogen and oxygen atoms in total. The molecule has 1 unspecified atom stereocenters. The van der Waals surface area contributed by atoms with Crippen molar-refractivity contribution in [3.63, 3.8) is 0 Å². The largest absolute Gasteiger partial charge is 0.420 e. The number of nitro groups is 1. The van der Waals surface area contributed by atoms with Gasteiger partial charge in [-0.3, -0.25) is 15.2 Å². The van der Waals surface area contributed by atoms with Gasteiger partial charge in [0.15, 0.2) is 0 Å². The molecule has 0 bridgehead atoms. The van der Waals surface area contributed by atoms with Gasteiger partial charge in [0.25, 0.3) is 5.69 Å². The molecule has 0 spiro atoms. The molecule has 0 radical (unpaired) electrons. The third-order valence-electron chi connectivity index (χ3n) is 4.42. The Morgan fingerprint density at radius 3 is 2.70 bits per heavy atom. The van der Waals surface area contributed by atoms with Crippen LogP contribution in [0.4, 0.5) is 5.69 Å². The molecule has 0 fully saturated rings. The number of nitriles is 1. The lowest BCUT2D eigenvalue weighted by molar-refractivity contribution is -0.384. The lowest BCUT2D eigenvalue weighted by Gasteiger charge is -2.24. The van der Waals surface area contributed by atoms with Gasteiger partial charge < -0.3 is 10.5 Å². The maximum atomic E-state index is 11.1. The number of rotatable bonds is 3. The second-order valence-corrected chi connectivity index (χ2v) is 5.96. The van der Waals surface area contributed by atoms with E-state index in [2.05, 4.69) is 16.3 Å². The van der Waals surface area contributed by atoms with Crippen LogP contribution >= 0.6 is 0 Å². The Morgan fingerprint density at radius 1 is 1.22 bits per heavy atom. The van der Waals surface area contributed by atoms with Gasteiger partial charge in [-0.1, -0.05) is 42.5 Å². The number of allylic oxidation sites excluding steroid dienone is 1. The van der Waals surface area contributed by atoms with E-state index >= 15 is 0 Å². The molecule has 0 amide bonds. The summed E-state index contributed by atoms with van der Waals surface area (Å²) in [7, 11) is 0. The normalized spacial score (nSPS) is 15.6. The molecule has 1 aliphatic heterocycles. The summed E-state index contributed by atoms with van der Waals surface area (Å²) in [5, 5.41) is 27.8. The molecule has 27 heavy (non-hydrogen) atoms. The van der Waals surface area contributed by atoms with Crippen LogP contribution in [0.3, 0.4) is 0 Å². The molecule has 132 valence electrons. The standard InChI is InChI=1S/C19H13N5O3/c20-10-14-15(11-5-2-1-3-6-11)16-17(22-23-19(16)27-18(14)21)12-7-4-8-13(9-12)24(25)26/h1-9,15H,21H2,(H,22,23). The Morgan fingerprint density at radius 2 is 2.00 bits per heavy atom. The van der Waals surface area contributed by atoms with Crippen molar-refractivity contribution in [1.29, 1.82) is 5.26 Å². The van der Waals surface area contributed by atoms with Gasteiger partial charge in [0.05, 0.1) is 22.1 Å². The third-order valence-corrected chi connectivity index (χ3v) is 4.42. The Hall–Kier alpha value is -4.12. The van der Waals surface area contributed by atoms with Crippen LogP contribution in [-0.2, 0) is 0 Å². The SMILES string of the molecule is N#CC1=C(N)Oc2n[nH]c(-c3cccc([N+](=O)[O-])c3)c2C1c1ccccc1. The first-order valence-corrected chi connectivity index (χ1v) is 8.05. The minimum absolute atomic E-state index is 0.00375. The fourth-order valence-corrected chi connectivity index (χ4v) is 3.22. The van der Waals surface area contributed by atoms with E-state index < -0.39 is 10.8 Å². The van der Waals surface area contributed by atoms with E-state index in [0.717, 1.165) is 5.56 Å². The minimum atomic E-state index is -0.493. The lowest BCUT2D eigenvalue weighted by atomic mass is 9.83. The molecule has 1 aliphatic rings. The Bertz CT molecular complexity index is 1110. The van der Waals surface area contributed by atoms with E-state index in [1.165, 1.54) is 12.1 Å². The van der Waals surface area contributed by atoms with Crippen molar-refractivity contribution >= 4 is 5.69 Å². The van der Waals surface area contributed by atoms with Crippen molar-refractivity contribution in [2.75, 3.05) is 0 Å². The highest BCUT2D eigenvalue weighted by atomic mass is 16.6. The predicted octanol–water partition coefficient (Wildman–Crippen LogP) is 3.20. The molecule has 0 saturated carbocycles. The smallest absolute Gasteiger partial charge is 0.270 e. The molecular weight excluding hydrogens is 346 g/mol.